The van der Waals surface area contributed by atoms with Gasteiger partial charge >= 0.3 is 0 Å². The fraction of sp³-hybridized carbons (Fsp3) is 0.211. The van der Waals surface area contributed by atoms with Crippen molar-refractivity contribution in [1.29, 1.82) is 0 Å². The van der Waals surface area contributed by atoms with E-state index in [0.29, 0.717) is 0 Å². The van der Waals surface area contributed by atoms with E-state index in [1.807, 2.05) is 12.1 Å². The predicted octanol–water partition coefficient (Wildman–Crippen LogP) is 4.20. The van der Waals surface area contributed by atoms with Gasteiger partial charge in [-0.05, 0) is 24.5 Å². The molecule has 3 rings (SSSR count). The summed E-state index contributed by atoms with van der Waals surface area (Å²) in [5.41, 5.74) is 4.19. The summed E-state index contributed by atoms with van der Waals surface area (Å²) in [7, 11) is 0. The van der Waals surface area contributed by atoms with Crippen LogP contribution in [0.5, 0.6) is 0 Å². The van der Waals surface area contributed by atoms with Gasteiger partial charge in [0.2, 0.25) is 0 Å². The molecule has 0 amide bonds. The molecule has 1 aliphatic heterocycles. The van der Waals surface area contributed by atoms with Gasteiger partial charge in [0.1, 0.15) is 10.7 Å². The molecule has 3 heteroatoms. The molecule has 0 bridgehead atoms. The average molecular weight is 308 g/mol. The summed E-state index contributed by atoms with van der Waals surface area (Å²) in [6.07, 6.45) is 0.890. The second-order valence-corrected chi connectivity index (χ2v) is 5.98. The molecular formula is C19H20N2S. The molecular weight excluding hydrogens is 288 g/mol. The SMILES string of the molecule is CCC1(c2ccccc2)NC(=S)C(C)=C(c2ccccc2)N1. The number of hydrogen-bond acceptors (Lipinski definition) is 2. The van der Waals surface area contributed by atoms with E-state index < -0.39 is 0 Å². The third-order valence-electron chi connectivity index (χ3n) is 4.24. The molecule has 0 fully saturated rings. The highest BCUT2D eigenvalue weighted by Gasteiger charge is 2.36. The van der Waals surface area contributed by atoms with Gasteiger partial charge in [-0.1, -0.05) is 79.8 Å². The average Bonchev–Trinajstić information content (AvgIpc) is 2.59. The number of nitrogens with one attached hydrogen (secondary N) is 2. The molecule has 0 aliphatic carbocycles. The van der Waals surface area contributed by atoms with Gasteiger partial charge in [-0.15, -0.1) is 0 Å². The Morgan fingerprint density at radius 1 is 0.909 bits per heavy atom. The molecule has 0 saturated carbocycles. The molecule has 1 heterocycles. The summed E-state index contributed by atoms with van der Waals surface area (Å²) in [4.78, 5) is 0.809. The molecule has 2 nitrogen and oxygen atoms in total. The first-order valence-corrected chi connectivity index (χ1v) is 7.99. The fourth-order valence-corrected chi connectivity index (χ4v) is 3.16. The summed E-state index contributed by atoms with van der Waals surface area (Å²) in [6.45, 7) is 4.23. The lowest BCUT2D eigenvalue weighted by Crippen LogP contribution is -2.58. The van der Waals surface area contributed by atoms with Gasteiger partial charge in [-0.3, -0.25) is 0 Å². The minimum absolute atomic E-state index is 0.358. The Balaban J connectivity index is 2.09. The predicted molar refractivity (Wildman–Crippen MR) is 96.3 cm³/mol. The van der Waals surface area contributed by atoms with Crippen LogP contribution in [0.1, 0.15) is 31.4 Å². The monoisotopic (exact) mass is 308 g/mol. The standard InChI is InChI=1S/C19H20N2S/c1-3-19(16-12-8-5-9-13-16)20-17(14(2)18(22)21-19)15-10-6-4-7-11-15/h4-13,20H,3H2,1-2H3,(H,21,22). The summed E-state index contributed by atoms with van der Waals surface area (Å²) < 4.78 is 0. The zero-order valence-electron chi connectivity index (χ0n) is 12.9. The van der Waals surface area contributed by atoms with Crippen molar-refractivity contribution in [2.45, 2.75) is 25.9 Å². The normalized spacial score (nSPS) is 21.3. The van der Waals surface area contributed by atoms with E-state index in [1.165, 1.54) is 5.56 Å². The Kier molecular flexibility index (Phi) is 3.99. The summed E-state index contributed by atoms with van der Waals surface area (Å²) in [6, 6.07) is 20.8. The van der Waals surface area contributed by atoms with Crippen molar-refractivity contribution in [3.63, 3.8) is 0 Å². The smallest absolute Gasteiger partial charge is 0.135 e. The molecule has 2 N–H and O–H groups in total. The van der Waals surface area contributed by atoms with E-state index in [4.69, 9.17) is 12.2 Å². The molecule has 2 aromatic carbocycles. The van der Waals surface area contributed by atoms with Gasteiger partial charge < -0.3 is 10.6 Å². The highest BCUT2D eigenvalue weighted by atomic mass is 32.1. The second-order valence-electron chi connectivity index (χ2n) is 5.57. The molecule has 1 atom stereocenters. The van der Waals surface area contributed by atoms with E-state index in [0.717, 1.165) is 28.2 Å². The van der Waals surface area contributed by atoms with Crippen LogP contribution in [-0.4, -0.2) is 4.99 Å². The van der Waals surface area contributed by atoms with Gasteiger partial charge in [0.25, 0.3) is 0 Å². The lowest BCUT2D eigenvalue weighted by molar-refractivity contribution is 0.335. The Bertz CT molecular complexity index is 707. The number of rotatable bonds is 3. The zero-order chi connectivity index (χ0) is 15.6. The van der Waals surface area contributed by atoms with Gasteiger partial charge in [0, 0.05) is 11.3 Å². The van der Waals surface area contributed by atoms with Crippen LogP contribution in [0.4, 0.5) is 0 Å². The highest BCUT2D eigenvalue weighted by Crippen LogP contribution is 2.31. The lowest BCUT2D eigenvalue weighted by atomic mass is 9.91. The van der Waals surface area contributed by atoms with Crippen LogP contribution in [0.15, 0.2) is 66.2 Å². The van der Waals surface area contributed by atoms with Crippen molar-refractivity contribution in [2.24, 2.45) is 0 Å². The quantitative estimate of drug-likeness (QED) is 0.831. The van der Waals surface area contributed by atoms with Crippen LogP contribution < -0.4 is 10.6 Å². The van der Waals surface area contributed by atoms with Crippen LogP contribution in [-0.2, 0) is 5.66 Å². The first-order chi connectivity index (χ1) is 10.7. The van der Waals surface area contributed by atoms with Crippen molar-refractivity contribution in [3.05, 3.63) is 77.4 Å². The lowest BCUT2D eigenvalue weighted by Gasteiger charge is -2.42. The number of benzene rings is 2. The Morgan fingerprint density at radius 3 is 2.09 bits per heavy atom. The van der Waals surface area contributed by atoms with Gasteiger partial charge in [-0.25, -0.2) is 0 Å². The van der Waals surface area contributed by atoms with Crippen molar-refractivity contribution < 1.29 is 0 Å². The van der Waals surface area contributed by atoms with Crippen LogP contribution in [0, 0.1) is 0 Å². The third kappa shape index (κ3) is 2.53. The molecule has 2 aromatic rings. The van der Waals surface area contributed by atoms with E-state index in [9.17, 15) is 0 Å². The molecule has 0 radical (unpaired) electrons. The minimum Gasteiger partial charge on any atom is -0.358 e. The van der Waals surface area contributed by atoms with Crippen molar-refractivity contribution in [3.8, 4) is 0 Å². The first kappa shape index (κ1) is 14.8. The maximum absolute atomic E-state index is 5.61. The highest BCUT2D eigenvalue weighted by molar-refractivity contribution is 7.80. The Morgan fingerprint density at radius 2 is 1.50 bits per heavy atom. The molecule has 1 aliphatic rings. The van der Waals surface area contributed by atoms with Gasteiger partial charge in [-0.2, -0.15) is 0 Å². The van der Waals surface area contributed by atoms with E-state index in [1.54, 1.807) is 0 Å². The van der Waals surface area contributed by atoms with E-state index >= 15 is 0 Å². The largest absolute Gasteiger partial charge is 0.358 e. The van der Waals surface area contributed by atoms with E-state index in [2.05, 4.69) is 73.0 Å². The van der Waals surface area contributed by atoms with Crippen LogP contribution in [0.25, 0.3) is 5.70 Å². The fourth-order valence-electron chi connectivity index (χ4n) is 2.88. The van der Waals surface area contributed by atoms with Crippen molar-refractivity contribution in [2.75, 3.05) is 0 Å². The number of hydrogen-bond donors (Lipinski definition) is 2. The van der Waals surface area contributed by atoms with Crippen LogP contribution in [0.2, 0.25) is 0 Å². The van der Waals surface area contributed by atoms with E-state index in [-0.39, 0.29) is 5.66 Å². The molecule has 1 unspecified atom stereocenters. The maximum atomic E-state index is 5.61. The van der Waals surface area contributed by atoms with Crippen LogP contribution >= 0.6 is 12.2 Å². The number of thiocarbonyl (C=S) groups is 1. The Hall–Kier alpha value is -2.13. The zero-order valence-corrected chi connectivity index (χ0v) is 13.7. The summed E-state index contributed by atoms with van der Waals surface area (Å²) in [5, 5.41) is 7.22. The first-order valence-electron chi connectivity index (χ1n) is 7.59. The molecule has 22 heavy (non-hydrogen) atoms. The minimum atomic E-state index is -0.358. The summed E-state index contributed by atoms with van der Waals surface area (Å²) >= 11 is 5.61. The van der Waals surface area contributed by atoms with Crippen LogP contribution in [0.3, 0.4) is 0 Å². The molecule has 0 spiro atoms. The molecule has 0 saturated heterocycles. The topological polar surface area (TPSA) is 24.1 Å². The maximum Gasteiger partial charge on any atom is 0.135 e. The third-order valence-corrected chi connectivity index (χ3v) is 4.65. The van der Waals surface area contributed by atoms with Crippen molar-refractivity contribution >= 4 is 22.9 Å². The second kappa shape index (κ2) is 5.93. The molecule has 112 valence electrons. The van der Waals surface area contributed by atoms with Crippen molar-refractivity contribution in [1.82, 2.24) is 10.6 Å². The molecule has 0 aromatic heterocycles. The summed E-state index contributed by atoms with van der Waals surface area (Å²) in [5.74, 6) is 0. The van der Waals surface area contributed by atoms with Gasteiger partial charge in [0.15, 0.2) is 0 Å². The van der Waals surface area contributed by atoms with Gasteiger partial charge in [0.05, 0.1) is 0 Å². The Labute approximate surface area is 137 Å².